The molecule has 2 aliphatic rings. The minimum Gasteiger partial charge on any atom is -0.487 e. The summed E-state index contributed by atoms with van der Waals surface area (Å²) in [5, 5.41) is 1.67. The zero-order chi connectivity index (χ0) is 27.8. The predicted octanol–water partition coefficient (Wildman–Crippen LogP) is 4.37. The van der Waals surface area contributed by atoms with E-state index >= 15 is 0 Å². The van der Waals surface area contributed by atoms with Gasteiger partial charge in [-0.15, -0.1) is 0 Å². The number of fused-ring (bicyclic) bond motifs is 3. The number of amides is 1. The van der Waals surface area contributed by atoms with Crippen molar-refractivity contribution in [3.05, 3.63) is 52.8 Å². The number of carbonyl (C=O) groups is 1. The third kappa shape index (κ3) is 4.34. The molecule has 0 aliphatic carbocycles. The number of nitrogens with zero attached hydrogens (tertiary/aromatic N) is 2. The quantitative estimate of drug-likeness (QED) is 0.585. The standard InChI is InChI=1S/C25H29F3N4O4S/c1-13-9-14(25(26,27)28)12-30-19(13)20(33)31-15-7-8-17-16(10-15)24(6)18(11-22(2,3)36-17)37(34,35)23(4,5)21(29)32-24/h7-10,12,18H,11H2,1-6H3,(H2,29,32)(H,31,33)/t18-,24-/m1/s1. The Morgan fingerprint density at radius 2 is 1.81 bits per heavy atom. The highest BCUT2D eigenvalue weighted by molar-refractivity contribution is 7.94. The SMILES string of the molecule is Cc1cc(C(F)(F)F)cnc1C(=O)Nc1ccc2c(c1)[C@@]1(C)N=C(N)C(C)(C)S(=O)(=O)[C@@H]1CC(C)(C)O2. The maximum absolute atomic E-state index is 13.7. The van der Waals surface area contributed by atoms with Gasteiger partial charge >= 0.3 is 6.18 Å². The van der Waals surface area contributed by atoms with Crippen LogP contribution in [0, 0.1) is 6.92 Å². The third-order valence-corrected chi connectivity index (χ3v) is 10.2. The molecule has 0 bridgehead atoms. The number of hydrogen-bond acceptors (Lipinski definition) is 7. The summed E-state index contributed by atoms with van der Waals surface area (Å²) in [6.07, 6.45) is -3.83. The van der Waals surface area contributed by atoms with Crippen molar-refractivity contribution in [3.63, 3.8) is 0 Å². The molecule has 8 nitrogen and oxygen atoms in total. The highest BCUT2D eigenvalue weighted by Gasteiger charge is 2.59. The van der Waals surface area contributed by atoms with E-state index in [2.05, 4.69) is 15.3 Å². The Morgan fingerprint density at radius 3 is 2.41 bits per heavy atom. The van der Waals surface area contributed by atoms with E-state index in [1.807, 2.05) is 0 Å². The molecule has 37 heavy (non-hydrogen) atoms. The van der Waals surface area contributed by atoms with Crippen LogP contribution in [-0.4, -0.2) is 40.7 Å². The second-order valence-electron chi connectivity index (χ2n) is 10.8. The fraction of sp³-hybridized carbons (Fsp3) is 0.480. The molecule has 0 radical (unpaired) electrons. The number of aryl methyl sites for hydroxylation is 1. The van der Waals surface area contributed by atoms with E-state index in [0.29, 0.717) is 17.5 Å². The number of benzene rings is 1. The summed E-state index contributed by atoms with van der Waals surface area (Å²) in [5.41, 5.74) is 3.62. The highest BCUT2D eigenvalue weighted by Crippen LogP contribution is 2.51. The molecule has 0 saturated carbocycles. The van der Waals surface area contributed by atoms with E-state index in [1.54, 1.807) is 39.0 Å². The number of aromatic nitrogens is 1. The molecule has 2 atom stereocenters. The largest absolute Gasteiger partial charge is 0.487 e. The summed E-state index contributed by atoms with van der Waals surface area (Å²) in [4.78, 5) is 21.3. The molecule has 0 unspecified atom stereocenters. The molecule has 1 amide bonds. The smallest absolute Gasteiger partial charge is 0.417 e. The van der Waals surface area contributed by atoms with Gasteiger partial charge in [0.05, 0.1) is 10.8 Å². The number of rotatable bonds is 2. The predicted molar refractivity (Wildman–Crippen MR) is 133 cm³/mol. The number of alkyl halides is 3. The maximum atomic E-state index is 13.7. The molecule has 200 valence electrons. The Hall–Kier alpha value is -3.15. The first-order valence-electron chi connectivity index (χ1n) is 11.6. The number of carbonyl (C=O) groups excluding carboxylic acids is 1. The van der Waals surface area contributed by atoms with Crippen molar-refractivity contribution in [2.45, 2.75) is 75.3 Å². The summed E-state index contributed by atoms with van der Waals surface area (Å²) < 4.78 is 71.3. The van der Waals surface area contributed by atoms with Crippen molar-refractivity contribution in [1.82, 2.24) is 4.98 Å². The van der Waals surface area contributed by atoms with Gasteiger partial charge in [-0.25, -0.2) is 8.42 Å². The number of nitrogens with two attached hydrogens (primary N) is 1. The number of hydrogen-bond donors (Lipinski definition) is 2. The van der Waals surface area contributed by atoms with Crippen molar-refractivity contribution in [1.29, 1.82) is 0 Å². The average Bonchev–Trinajstić information content (AvgIpc) is 2.84. The lowest BCUT2D eigenvalue weighted by Gasteiger charge is -2.44. The van der Waals surface area contributed by atoms with Gasteiger partial charge in [0, 0.05) is 23.9 Å². The number of anilines is 1. The van der Waals surface area contributed by atoms with E-state index in [9.17, 15) is 26.4 Å². The monoisotopic (exact) mass is 538 g/mol. The van der Waals surface area contributed by atoms with Crippen LogP contribution < -0.4 is 15.8 Å². The molecule has 1 aromatic carbocycles. The number of aliphatic imine (C=N–C) groups is 1. The Bertz CT molecular complexity index is 1430. The Balaban J connectivity index is 1.79. The fourth-order valence-corrected chi connectivity index (χ4v) is 7.29. The van der Waals surface area contributed by atoms with Gasteiger partial charge in [0.2, 0.25) is 0 Å². The van der Waals surface area contributed by atoms with E-state index in [0.717, 1.165) is 6.07 Å². The van der Waals surface area contributed by atoms with E-state index in [4.69, 9.17) is 10.5 Å². The van der Waals surface area contributed by atoms with Gasteiger partial charge in [-0.2, -0.15) is 13.2 Å². The van der Waals surface area contributed by atoms with Gasteiger partial charge in [0.25, 0.3) is 5.91 Å². The number of halogens is 3. The zero-order valence-electron chi connectivity index (χ0n) is 21.3. The number of pyridine rings is 1. The van der Waals surface area contributed by atoms with Gasteiger partial charge in [0.15, 0.2) is 9.84 Å². The van der Waals surface area contributed by atoms with Gasteiger partial charge < -0.3 is 15.8 Å². The van der Waals surface area contributed by atoms with E-state index < -0.39 is 48.6 Å². The first-order chi connectivity index (χ1) is 16.8. The Morgan fingerprint density at radius 1 is 1.16 bits per heavy atom. The van der Waals surface area contributed by atoms with Gasteiger partial charge in [0.1, 0.15) is 33.2 Å². The maximum Gasteiger partial charge on any atom is 0.417 e. The lowest BCUT2D eigenvalue weighted by Crippen LogP contribution is -2.60. The molecule has 0 spiro atoms. The van der Waals surface area contributed by atoms with Crippen molar-refractivity contribution in [2.24, 2.45) is 10.7 Å². The molecule has 0 saturated heterocycles. The Kier molecular flexibility index (Phi) is 5.94. The summed E-state index contributed by atoms with van der Waals surface area (Å²) in [7, 11) is -3.83. The topological polar surface area (TPSA) is 124 Å². The average molecular weight is 539 g/mol. The lowest BCUT2D eigenvalue weighted by atomic mass is 9.84. The normalized spacial score (nSPS) is 25.5. The van der Waals surface area contributed by atoms with Crippen molar-refractivity contribution in [3.8, 4) is 5.75 Å². The van der Waals surface area contributed by atoms with Gasteiger partial charge in [-0.05, 0) is 71.4 Å². The van der Waals surface area contributed by atoms with Crippen LogP contribution in [0.5, 0.6) is 5.75 Å². The second kappa shape index (κ2) is 8.17. The molecular formula is C25H29F3N4O4S. The molecule has 0 fully saturated rings. The number of nitrogens with one attached hydrogen (secondary N) is 1. The fourth-order valence-electron chi connectivity index (χ4n) is 4.84. The van der Waals surface area contributed by atoms with Crippen LogP contribution in [0.25, 0.3) is 0 Å². The molecule has 2 aromatic rings. The Labute approximate surface area is 213 Å². The summed E-state index contributed by atoms with van der Waals surface area (Å²) in [6.45, 7) is 9.67. The molecular weight excluding hydrogens is 509 g/mol. The molecule has 1 aromatic heterocycles. The van der Waals surface area contributed by atoms with Crippen molar-refractivity contribution < 1.29 is 31.1 Å². The van der Waals surface area contributed by atoms with Crippen LogP contribution in [0.4, 0.5) is 18.9 Å². The van der Waals surface area contributed by atoms with Crippen LogP contribution in [0.2, 0.25) is 0 Å². The van der Waals surface area contributed by atoms with E-state index in [1.165, 1.54) is 20.8 Å². The van der Waals surface area contributed by atoms with Crippen LogP contribution in [0.1, 0.15) is 68.2 Å². The number of amidine groups is 1. The lowest BCUT2D eigenvalue weighted by molar-refractivity contribution is -0.137. The molecule has 12 heteroatoms. The second-order valence-corrected chi connectivity index (χ2v) is 13.5. The minimum absolute atomic E-state index is 0.0316. The summed E-state index contributed by atoms with van der Waals surface area (Å²) in [6, 6.07) is 5.58. The van der Waals surface area contributed by atoms with Gasteiger partial charge in [-0.1, -0.05) is 0 Å². The van der Waals surface area contributed by atoms with Crippen LogP contribution in [0.3, 0.4) is 0 Å². The van der Waals surface area contributed by atoms with Gasteiger partial charge in [-0.3, -0.25) is 14.8 Å². The summed E-state index contributed by atoms with van der Waals surface area (Å²) >= 11 is 0. The van der Waals surface area contributed by atoms with E-state index in [-0.39, 0.29) is 29.2 Å². The summed E-state index contributed by atoms with van der Waals surface area (Å²) in [5.74, 6) is -0.359. The molecule has 3 heterocycles. The molecule has 2 aliphatic heterocycles. The molecule has 3 N–H and O–H groups in total. The van der Waals surface area contributed by atoms with Crippen molar-refractivity contribution >= 4 is 27.3 Å². The highest BCUT2D eigenvalue weighted by atomic mass is 32.2. The number of ether oxygens (including phenoxy) is 1. The number of sulfone groups is 1. The third-order valence-electron chi connectivity index (χ3n) is 7.15. The first-order valence-corrected chi connectivity index (χ1v) is 13.1. The van der Waals surface area contributed by atoms with Crippen LogP contribution >= 0.6 is 0 Å². The zero-order valence-corrected chi connectivity index (χ0v) is 22.1. The van der Waals surface area contributed by atoms with Crippen molar-refractivity contribution in [2.75, 3.05) is 5.32 Å². The minimum atomic E-state index is -4.58. The molecule has 4 rings (SSSR count). The van der Waals surface area contributed by atoms with Crippen LogP contribution in [-0.2, 0) is 21.6 Å². The van der Waals surface area contributed by atoms with Crippen LogP contribution in [0.15, 0.2) is 35.5 Å². The first kappa shape index (κ1) is 26.9.